The minimum absolute atomic E-state index is 1.23. The molecule has 1 nitrogen and oxygen atoms in total. The number of rotatable bonds is 2. The standard InChI is InChI=1S/C13H19NS/c1-2-6-13-12(5-1)11(10-15-13)9-14-7-3-4-8-14/h10H,1-9H2. The maximum Gasteiger partial charge on any atom is 0.0244 e. The summed E-state index contributed by atoms with van der Waals surface area (Å²) in [5.74, 6) is 0. The van der Waals surface area contributed by atoms with E-state index in [4.69, 9.17) is 0 Å². The van der Waals surface area contributed by atoms with Crippen LogP contribution in [0, 0.1) is 0 Å². The van der Waals surface area contributed by atoms with E-state index in [1.807, 2.05) is 11.3 Å². The molecule has 2 heteroatoms. The first-order valence-electron chi connectivity index (χ1n) is 6.24. The number of likely N-dealkylation sites (tertiary alicyclic amines) is 1. The predicted molar refractivity (Wildman–Crippen MR) is 65.5 cm³/mol. The molecule has 1 aromatic rings. The molecule has 3 rings (SSSR count). The van der Waals surface area contributed by atoms with Gasteiger partial charge in [-0.05, 0) is 68.1 Å². The van der Waals surface area contributed by atoms with Gasteiger partial charge in [0.15, 0.2) is 0 Å². The Balaban J connectivity index is 1.76. The molecule has 0 N–H and O–H groups in total. The van der Waals surface area contributed by atoms with Crippen molar-refractivity contribution in [3.8, 4) is 0 Å². The highest BCUT2D eigenvalue weighted by Crippen LogP contribution is 2.31. The maximum absolute atomic E-state index is 2.62. The van der Waals surface area contributed by atoms with Gasteiger partial charge in [-0.2, -0.15) is 0 Å². The van der Waals surface area contributed by atoms with E-state index in [-0.39, 0.29) is 0 Å². The van der Waals surface area contributed by atoms with Crippen LogP contribution in [0.4, 0.5) is 0 Å². The molecule has 0 radical (unpaired) electrons. The molecule has 1 aliphatic carbocycles. The van der Waals surface area contributed by atoms with E-state index in [1.54, 1.807) is 16.0 Å². The molecule has 1 saturated heterocycles. The summed E-state index contributed by atoms with van der Waals surface area (Å²) in [4.78, 5) is 4.31. The van der Waals surface area contributed by atoms with Crippen LogP contribution in [0.2, 0.25) is 0 Å². The number of thiophene rings is 1. The van der Waals surface area contributed by atoms with Crippen LogP contribution in [0.25, 0.3) is 0 Å². The third kappa shape index (κ3) is 1.98. The van der Waals surface area contributed by atoms with E-state index in [2.05, 4.69) is 10.3 Å². The smallest absolute Gasteiger partial charge is 0.0244 e. The molecule has 1 fully saturated rings. The second-order valence-corrected chi connectivity index (χ2v) is 5.82. The molecule has 0 saturated carbocycles. The van der Waals surface area contributed by atoms with Gasteiger partial charge < -0.3 is 0 Å². The lowest BCUT2D eigenvalue weighted by Gasteiger charge is -2.17. The van der Waals surface area contributed by atoms with Crippen LogP contribution in [0.3, 0.4) is 0 Å². The highest BCUT2D eigenvalue weighted by Gasteiger charge is 2.18. The molecule has 0 bridgehead atoms. The van der Waals surface area contributed by atoms with Crippen LogP contribution in [0.15, 0.2) is 5.38 Å². The molecule has 0 amide bonds. The van der Waals surface area contributed by atoms with E-state index in [0.29, 0.717) is 0 Å². The fraction of sp³-hybridized carbons (Fsp3) is 0.692. The monoisotopic (exact) mass is 221 g/mol. The van der Waals surface area contributed by atoms with Crippen molar-refractivity contribution in [3.05, 3.63) is 21.4 Å². The number of aryl methyl sites for hydroxylation is 1. The van der Waals surface area contributed by atoms with Crippen LogP contribution in [-0.2, 0) is 19.4 Å². The summed E-state index contributed by atoms with van der Waals surface area (Å²) in [6.07, 6.45) is 8.34. The SMILES string of the molecule is c1sc2c(c1CN1CCCC1)CCCC2. The first-order valence-corrected chi connectivity index (χ1v) is 7.12. The minimum atomic E-state index is 1.23. The zero-order chi connectivity index (χ0) is 10.1. The number of hydrogen-bond donors (Lipinski definition) is 0. The second-order valence-electron chi connectivity index (χ2n) is 4.85. The van der Waals surface area contributed by atoms with Crippen LogP contribution in [0.5, 0.6) is 0 Å². The Morgan fingerprint density at radius 2 is 1.87 bits per heavy atom. The van der Waals surface area contributed by atoms with Crippen molar-refractivity contribution >= 4 is 11.3 Å². The van der Waals surface area contributed by atoms with Crippen LogP contribution in [-0.4, -0.2) is 18.0 Å². The molecule has 2 aliphatic rings. The predicted octanol–water partition coefficient (Wildman–Crippen LogP) is 3.22. The van der Waals surface area contributed by atoms with Gasteiger partial charge in [0.05, 0.1) is 0 Å². The summed E-state index contributed by atoms with van der Waals surface area (Å²) in [6, 6.07) is 0. The molecule has 0 unspecified atom stereocenters. The lowest BCUT2D eigenvalue weighted by Crippen LogP contribution is -2.19. The molecule has 2 heterocycles. The number of fused-ring (bicyclic) bond motifs is 1. The fourth-order valence-electron chi connectivity index (χ4n) is 2.88. The maximum atomic E-state index is 2.62. The van der Waals surface area contributed by atoms with E-state index >= 15 is 0 Å². The van der Waals surface area contributed by atoms with Gasteiger partial charge in [-0.1, -0.05) is 0 Å². The zero-order valence-corrected chi connectivity index (χ0v) is 10.1. The molecule has 0 atom stereocenters. The molecule has 1 aromatic heterocycles. The first kappa shape index (κ1) is 9.86. The van der Waals surface area contributed by atoms with Crippen molar-refractivity contribution in [2.45, 2.75) is 45.1 Å². The summed E-state index contributed by atoms with van der Waals surface area (Å²) in [5.41, 5.74) is 3.37. The van der Waals surface area contributed by atoms with Gasteiger partial charge in [-0.25, -0.2) is 0 Å². The van der Waals surface area contributed by atoms with E-state index < -0.39 is 0 Å². The molecule has 1 aliphatic heterocycles. The van der Waals surface area contributed by atoms with Gasteiger partial charge in [0.2, 0.25) is 0 Å². The van der Waals surface area contributed by atoms with Crippen molar-refractivity contribution in [1.29, 1.82) is 0 Å². The third-order valence-electron chi connectivity index (χ3n) is 3.74. The summed E-state index contributed by atoms with van der Waals surface area (Å²) in [6.45, 7) is 3.88. The van der Waals surface area contributed by atoms with Crippen molar-refractivity contribution in [2.24, 2.45) is 0 Å². The highest BCUT2D eigenvalue weighted by molar-refractivity contribution is 7.10. The van der Waals surface area contributed by atoms with Crippen LogP contribution in [0.1, 0.15) is 41.7 Å². The summed E-state index contributed by atoms with van der Waals surface area (Å²) in [7, 11) is 0. The first-order chi connectivity index (χ1) is 7.43. The van der Waals surface area contributed by atoms with Gasteiger partial charge in [0, 0.05) is 11.4 Å². The topological polar surface area (TPSA) is 3.24 Å². The summed E-state index contributed by atoms with van der Waals surface area (Å²) in [5, 5.41) is 2.42. The van der Waals surface area contributed by atoms with Crippen molar-refractivity contribution in [2.75, 3.05) is 13.1 Å². The molecule has 0 aromatic carbocycles. The van der Waals surface area contributed by atoms with Gasteiger partial charge >= 0.3 is 0 Å². The fourth-order valence-corrected chi connectivity index (χ4v) is 4.01. The van der Waals surface area contributed by atoms with Crippen molar-refractivity contribution < 1.29 is 0 Å². The van der Waals surface area contributed by atoms with Crippen LogP contribution >= 0.6 is 11.3 Å². The van der Waals surface area contributed by atoms with Gasteiger partial charge in [-0.15, -0.1) is 11.3 Å². The Morgan fingerprint density at radius 3 is 2.73 bits per heavy atom. The highest BCUT2D eigenvalue weighted by atomic mass is 32.1. The van der Waals surface area contributed by atoms with Gasteiger partial charge in [0.1, 0.15) is 0 Å². The van der Waals surface area contributed by atoms with E-state index in [0.717, 1.165) is 0 Å². The lowest BCUT2D eigenvalue weighted by atomic mass is 9.96. The third-order valence-corrected chi connectivity index (χ3v) is 4.88. The summed E-state index contributed by atoms with van der Waals surface area (Å²) >= 11 is 2.01. The Bertz CT molecular complexity index is 336. The average Bonchev–Trinajstić information content (AvgIpc) is 2.89. The normalized spacial score (nSPS) is 21.9. The molecular weight excluding hydrogens is 202 g/mol. The molecular formula is C13H19NS. The molecule has 15 heavy (non-hydrogen) atoms. The number of nitrogens with zero attached hydrogens (tertiary/aromatic N) is 1. The Hall–Kier alpha value is -0.340. The lowest BCUT2D eigenvalue weighted by molar-refractivity contribution is 0.330. The minimum Gasteiger partial charge on any atom is -0.299 e. The number of hydrogen-bond acceptors (Lipinski definition) is 2. The van der Waals surface area contributed by atoms with E-state index in [9.17, 15) is 0 Å². The zero-order valence-electron chi connectivity index (χ0n) is 9.30. The Labute approximate surface area is 96.1 Å². The van der Waals surface area contributed by atoms with E-state index in [1.165, 1.54) is 58.2 Å². The Kier molecular flexibility index (Phi) is 2.80. The van der Waals surface area contributed by atoms with Crippen molar-refractivity contribution in [1.82, 2.24) is 4.90 Å². The average molecular weight is 221 g/mol. The molecule has 0 spiro atoms. The second kappa shape index (κ2) is 4.26. The van der Waals surface area contributed by atoms with Gasteiger partial charge in [-0.3, -0.25) is 4.90 Å². The van der Waals surface area contributed by atoms with Crippen molar-refractivity contribution in [3.63, 3.8) is 0 Å². The van der Waals surface area contributed by atoms with Gasteiger partial charge in [0.25, 0.3) is 0 Å². The quantitative estimate of drug-likeness (QED) is 0.741. The Morgan fingerprint density at radius 1 is 1.07 bits per heavy atom. The summed E-state index contributed by atoms with van der Waals surface area (Å²) < 4.78 is 0. The van der Waals surface area contributed by atoms with Crippen LogP contribution < -0.4 is 0 Å². The molecule has 82 valence electrons. The largest absolute Gasteiger partial charge is 0.299 e.